The molecule has 218 valence electrons. The maximum atomic E-state index is 14.1. The molecular formula is C30H26ClF2N3O5S. The van der Waals surface area contributed by atoms with Gasteiger partial charge in [0, 0.05) is 51.4 Å². The Morgan fingerprint density at radius 1 is 0.905 bits per heavy atom. The number of piperazine rings is 1. The van der Waals surface area contributed by atoms with Crippen molar-refractivity contribution in [3.63, 3.8) is 0 Å². The van der Waals surface area contributed by atoms with Gasteiger partial charge in [0.25, 0.3) is 0 Å². The summed E-state index contributed by atoms with van der Waals surface area (Å²) in [5.41, 5.74) is 0.269. The lowest BCUT2D eigenvalue weighted by atomic mass is 10.1. The Bertz CT molecular complexity index is 1780. The van der Waals surface area contributed by atoms with Crippen LogP contribution in [0.25, 0.3) is 10.8 Å². The number of fused-ring (bicyclic) bond motifs is 1. The summed E-state index contributed by atoms with van der Waals surface area (Å²) < 4.78 is 61.2. The summed E-state index contributed by atoms with van der Waals surface area (Å²) in [6.45, 7) is -0.0430. The van der Waals surface area contributed by atoms with Crippen molar-refractivity contribution in [3.05, 3.63) is 101 Å². The van der Waals surface area contributed by atoms with Crippen molar-refractivity contribution in [1.82, 2.24) is 14.1 Å². The molecule has 0 aliphatic carbocycles. The summed E-state index contributed by atoms with van der Waals surface area (Å²) in [4.78, 5) is 28.6. The molecule has 5 rings (SSSR count). The molecule has 1 fully saturated rings. The molecule has 42 heavy (non-hydrogen) atoms. The van der Waals surface area contributed by atoms with Gasteiger partial charge in [0.05, 0.1) is 9.92 Å². The van der Waals surface area contributed by atoms with E-state index in [-0.39, 0.29) is 59.7 Å². The zero-order chi connectivity index (χ0) is 30.0. The van der Waals surface area contributed by atoms with Gasteiger partial charge in [-0.25, -0.2) is 17.2 Å². The van der Waals surface area contributed by atoms with Crippen molar-refractivity contribution < 1.29 is 31.5 Å². The highest BCUT2D eigenvalue weighted by molar-refractivity contribution is 7.89. The Morgan fingerprint density at radius 3 is 2.33 bits per heavy atom. The van der Waals surface area contributed by atoms with Crippen molar-refractivity contribution in [2.75, 3.05) is 33.2 Å². The normalized spacial score (nSPS) is 14.1. The fourth-order valence-electron chi connectivity index (χ4n) is 4.67. The summed E-state index contributed by atoms with van der Waals surface area (Å²) in [5.74, 6) is -2.45. The number of ether oxygens (including phenoxy) is 1. The van der Waals surface area contributed by atoms with Gasteiger partial charge in [-0.3, -0.25) is 9.59 Å². The molecule has 0 atom stereocenters. The van der Waals surface area contributed by atoms with Crippen LogP contribution in [0, 0.1) is 11.6 Å². The van der Waals surface area contributed by atoms with E-state index in [4.69, 9.17) is 16.3 Å². The van der Waals surface area contributed by atoms with E-state index < -0.39 is 33.5 Å². The van der Waals surface area contributed by atoms with E-state index in [9.17, 15) is 26.8 Å². The molecular weight excluding hydrogens is 588 g/mol. The van der Waals surface area contributed by atoms with Crippen LogP contribution in [0.4, 0.5) is 8.78 Å². The van der Waals surface area contributed by atoms with E-state index in [1.807, 2.05) is 24.3 Å². The second kappa shape index (κ2) is 12.0. The van der Waals surface area contributed by atoms with Crippen LogP contribution < -0.4 is 4.74 Å². The molecule has 8 nitrogen and oxygen atoms in total. The Morgan fingerprint density at radius 2 is 1.62 bits per heavy atom. The number of hydrogen-bond donors (Lipinski definition) is 0. The largest absolute Gasteiger partial charge is 0.457 e. The van der Waals surface area contributed by atoms with Crippen LogP contribution in [0.3, 0.4) is 0 Å². The third-order valence-corrected chi connectivity index (χ3v) is 9.15. The molecule has 0 unspecified atom stereocenters. The number of benzene rings is 4. The molecule has 0 bridgehead atoms. The Balaban J connectivity index is 1.22. The number of carbonyl (C=O) groups excluding carboxylic acids is 2. The first-order chi connectivity index (χ1) is 20.0. The lowest BCUT2D eigenvalue weighted by Crippen LogP contribution is -2.53. The predicted octanol–water partition coefficient (Wildman–Crippen LogP) is 5.06. The number of amides is 2. The van der Waals surface area contributed by atoms with Crippen LogP contribution in [0.15, 0.2) is 83.8 Å². The third kappa shape index (κ3) is 6.23. The van der Waals surface area contributed by atoms with E-state index >= 15 is 0 Å². The van der Waals surface area contributed by atoms with Crippen LogP contribution in [-0.4, -0.2) is 67.6 Å². The fourth-order valence-corrected chi connectivity index (χ4v) is 6.30. The maximum Gasteiger partial charge on any atom is 0.312 e. The van der Waals surface area contributed by atoms with Gasteiger partial charge in [0.2, 0.25) is 10.0 Å². The van der Waals surface area contributed by atoms with Gasteiger partial charge in [-0.1, -0.05) is 41.9 Å². The number of halogens is 3. The Kier molecular flexibility index (Phi) is 8.44. The molecule has 2 amide bonds. The van der Waals surface area contributed by atoms with E-state index in [0.717, 1.165) is 21.7 Å². The summed E-state index contributed by atoms with van der Waals surface area (Å²) in [6.07, 6.45) is 0. The average Bonchev–Trinajstić information content (AvgIpc) is 2.99. The van der Waals surface area contributed by atoms with Crippen LogP contribution in [0.1, 0.15) is 5.56 Å². The van der Waals surface area contributed by atoms with Crippen molar-refractivity contribution in [3.8, 4) is 11.5 Å². The van der Waals surface area contributed by atoms with Crippen LogP contribution in [0.5, 0.6) is 11.5 Å². The molecule has 0 saturated carbocycles. The smallest absolute Gasteiger partial charge is 0.312 e. The SMILES string of the molecule is CN(Cc1cc(F)ccc1Oc1ccc(F)c(Cl)c1)C(=O)C(=O)N1CCN(S(=O)(=O)c2ccc3ccccc3c2)CC1. The quantitative estimate of drug-likeness (QED) is 0.284. The number of hydrogen-bond acceptors (Lipinski definition) is 5. The van der Waals surface area contributed by atoms with E-state index in [0.29, 0.717) is 0 Å². The first-order valence-corrected chi connectivity index (χ1v) is 14.8. The van der Waals surface area contributed by atoms with Crippen molar-refractivity contribution in [2.45, 2.75) is 11.4 Å². The number of likely N-dealkylation sites (N-methyl/N-ethyl adjacent to an activating group) is 1. The Labute approximate surface area is 246 Å². The maximum absolute atomic E-state index is 14.1. The molecule has 0 aromatic heterocycles. The van der Waals surface area contributed by atoms with Crippen LogP contribution >= 0.6 is 11.6 Å². The zero-order valence-corrected chi connectivity index (χ0v) is 24.0. The highest BCUT2D eigenvalue weighted by Crippen LogP contribution is 2.30. The van der Waals surface area contributed by atoms with Gasteiger partial charge in [0.15, 0.2) is 0 Å². The fraction of sp³-hybridized carbons (Fsp3) is 0.200. The molecule has 4 aromatic carbocycles. The Hall–Kier alpha value is -4.06. The summed E-state index contributed by atoms with van der Waals surface area (Å²) >= 11 is 5.82. The van der Waals surface area contributed by atoms with Gasteiger partial charge < -0.3 is 14.5 Å². The molecule has 1 saturated heterocycles. The predicted molar refractivity (Wildman–Crippen MR) is 154 cm³/mol. The standard InChI is InChI=1S/C30H26ClF2N3O5S/c1-34(19-22-16-23(32)7-11-28(22)41-24-8-10-27(33)26(31)18-24)29(37)30(38)35-12-14-36(15-13-35)42(39,40)25-9-6-20-4-2-3-5-21(20)17-25/h2-11,16-18H,12-15,19H2,1H3. The molecule has 1 heterocycles. The van der Waals surface area contributed by atoms with Gasteiger partial charge >= 0.3 is 11.8 Å². The number of rotatable bonds is 6. The molecule has 0 N–H and O–H groups in total. The second-order valence-electron chi connectivity index (χ2n) is 9.80. The number of sulfonamides is 1. The van der Waals surface area contributed by atoms with Crippen LogP contribution in [0.2, 0.25) is 5.02 Å². The van der Waals surface area contributed by atoms with Crippen LogP contribution in [-0.2, 0) is 26.2 Å². The van der Waals surface area contributed by atoms with Crippen molar-refractivity contribution in [2.24, 2.45) is 0 Å². The van der Waals surface area contributed by atoms with Gasteiger partial charge in [-0.05, 0) is 53.2 Å². The first kappa shape index (κ1) is 29.4. The minimum absolute atomic E-state index is 0.0278. The average molecular weight is 614 g/mol. The molecule has 4 aromatic rings. The molecule has 0 radical (unpaired) electrons. The van der Waals surface area contributed by atoms with Crippen molar-refractivity contribution >= 4 is 44.2 Å². The minimum Gasteiger partial charge on any atom is -0.457 e. The first-order valence-electron chi connectivity index (χ1n) is 13.0. The molecule has 1 aliphatic heterocycles. The lowest BCUT2D eigenvalue weighted by Gasteiger charge is -2.34. The van der Waals surface area contributed by atoms with E-state index in [1.54, 1.807) is 18.2 Å². The summed E-state index contributed by atoms with van der Waals surface area (Å²) in [7, 11) is -2.41. The van der Waals surface area contributed by atoms with Gasteiger partial charge in [-0.2, -0.15) is 4.31 Å². The summed E-state index contributed by atoms with van der Waals surface area (Å²) in [6, 6.07) is 19.8. The summed E-state index contributed by atoms with van der Waals surface area (Å²) in [5, 5.41) is 1.57. The topological polar surface area (TPSA) is 87.2 Å². The second-order valence-corrected chi connectivity index (χ2v) is 12.1. The molecule has 12 heteroatoms. The van der Waals surface area contributed by atoms with E-state index in [1.165, 1.54) is 46.6 Å². The third-order valence-electron chi connectivity index (χ3n) is 6.96. The monoisotopic (exact) mass is 613 g/mol. The molecule has 0 spiro atoms. The van der Waals surface area contributed by atoms with Gasteiger partial charge in [0.1, 0.15) is 23.1 Å². The zero-order valence-electron chi connectivity index (χ0n) is 22.5. The van der Waals surface area contributed by atoms with E-state index in [2.05, 4.69) is 0 Å². The highest BCUT2D eigenvalue weighted by atomic mass is 35.5. The van der Waals surface area contributed by atoms with Crippen molar-refractivity contribution in [1.29, 1.82) is 0 Å². The highest BCUT2D eigenvalue weighted by Gasteiger charge is 2.33. The van der Waals surface area contributed by atoms with Gasteiger partial charge in [-0.15, -0.1) is 0 Å². The minimum atomic E-state index is -3.80. The number of nitrogens with zero attached hydrogens (tertiary/aromatic N) is 3. The lowest BCUT2D eigenvalue weighted by molar-refractivity contribution is -0.152. The number of carbonyl (C=O) groups is 2. The molecule has 1 aliphatic rings.